The maximum atomic E-state index is 13.6. The van der Waals surface area contributed by atoms with Crippen molar-refractivity contribution in [1.82, 2.24) is 5.32 Å². The van der Waals surface area contributed by atoms with Gasteiger partial charge >= 0.3 is 5.97 Å². The smallest absolute Gasteiger partial charge is 0.320 e. The standard InChI is InChI=1S/C27H28N2O4.ClH/c1-19-8-7-11-21(16-19)17-29-24-12-5-6-13-25(24)33-18-23(26(29)30)28-22(27(31)32)15-14-20-9-3-2-4-10-20;/h2-13,16,22-23,28H,14-15,17-18H2,1H3,(H,31,32);1H/t22-,23-;/m0./s1. The number of hydrogen-bond donors (Lipinski definition) is 2. The van der Waals surface area contributed by atoms with Crippen molar-refractivity contribution in [1.29, 1.82) is 0 Å². The molecule has 0 aliphatic carbocycles. The largest absolute Gasteiger partial charge is 0.489 e. The van der Waals surface area contributed by atoms with Crippen molar-refractivity contribution in [3.8, 4) is 5.75 Å². The molecule has 7 heteroatoms. The Balaban J connectivity index is 0.00000324. The minimum atomic E-state index is -0.981. The number of anilines is 1. The normalized spacial score (nSPS) is 16.0. The van der Waals surface area contributed by atoms with E-state index in [-0.39, 0.29) is 24.9 Å². The fourth-order valence-corrected chi connectivity index (χ4v) is 4.11. The van der Waals surface area contributed by atoms with Crippen LogP contribution in [0.3, 0.4) is 0 Å². The Labute approximate surface area is 206 Å². The van der Waals surface area contributed by atoms with Crippen molar-refractivity contribution in [2.45, 2.75) is 38.4 Å². The minimum Gasteiger partial charge on any atom is -0.489 e. The molecule has 2 atom stereocenters. The molecule has 0 aromatic heterocycles. The molecule has 6 nitrogen and oxygen atoms in total. The highest BCUT2D eigenvalue weighted by molar-refractivity contribution is 5.99. The second-order valence-electron chi connectivity index (χ2n) is 8.33. The van der Waals surface area contributed by atoms with Gasteiger partial charge in [0.1, 0.15) is 24.4 Å². The van der Waals surface area contributed by atoms with Gasteiger partial charge in [0.15, 0.2) is 0 Å². The zero-order chi connectivity index (χ0) is 23.2. The van der Waals surface area contributed by atoms with Crippen molar-refractivity contribution in [2.24, 2.45) is 0 Å². The van der Waals surface area contributed by atoms with E-state index in [0.29, 0.717) is 30.8 Å². The molecule has 1 heterocycles. The lowest BCUT2D eigenvalue weighted by atomic mass is 10.0. The summed E-state index contributed by atoms with van der Waals surface area (Å²) in [4.78, 5) is 27.3. The molecular formula is C27H29ClN2O4. The molecule has 34 heavy (non-hydrogen) atoms. The van der Waals surface area contributed by atoms with E-state index in [4.69, 9.17) is 4.74 Å². The van der Waals surface area contributed by atoms with E-state index < -0.39 is 18.1 Å². The van der Waals surface area contributed by atoms with Crippen LogP contribution >= 0.6 is 12.4 Å². The molecular weight excluding hydrogens is 452 g/mol. The third-order valence-corrected chi connectivity index (χ3v) is 5.81. The van der Waals surface area contributed by atoms with Gasteiger partial charge in [-0.05, 0) is 43.0 Å². The molecule has 3 aromatic rings. The van der Waals surface area contributed by atoms with E-state index in [2.05, 4.69) is 5.32 Å². The summed E-state index contributed by atoms with van der Waals surface area (Å²) in [5.74, 6) is -0.572. The Kier molecular flexibility index (Phi) is 8.68. The van der Waals surface area contributed by atoms with Gasteiger partial charge in [0, 0.05) is 0 Å². The number of rotatable bonds is 8. The van der Waals surface area contributed by atoms with Crippen LogP contribution < -0.4 is 15.0 Å². The molecule has 0 radical (unpaired) electrons. The lowest BCUT2D eigenvalue weighted by Gasteiger charge is -2.27. The number of carbonyl (C=O) groups is 2. The van der Waals surface area contributed by atoms with Gasteiger partial charge in [-0.2, -0.15) is 0 Å². The first-order chi connectivity index (χ1) is 16.0. The number of nitrogens with one attached hydrogen (secondary N) is 1. The van der Waals surface area contributed by atoms with Crippen LogP contribution in [-0.4, -0.2) is 35.7 Å². The second-order valence-corrected chi connectivity index (χ2v) is 8.33. The van der Waals surface area contributed by atoms with E-state index in [1.807, 2.05) is 85.8 Å². The molecule has 1 aliphatic rings. The van der Waals surface area contributed by atoms with Gasteiger partial charge in [-0.1, -0.05) is 72.3 Å². The topological polar surface area (TPSA) is 78.9 Å². The number of aliphatic carboxylic acids is 1. The molecule has 2 N–H and O–H groups in total. The summed E-state index contributed by atoms with van der Waals surface area (Å²) in [6.45, 7) is 2.45. The van der Waals surface area contributed by atoms with Gasteiger partial charge in [-0.15, -0.1) is 12.4 Å². The maximum absolute atomic E-state index is 13.6. The van der Waals surface area contributed by atoms with Gasteiger partial charge in [-0.25, -0.2) is 0 Å². The van der Waals surface area contributed by atoms with E-state index >= 15 is 0 Å². The van der Waals surface area contributed by atoms with E-state index in [1.54, 1.807) is 4.90 Å². The van der Waals surface area contributed by atoms with Gasteiger partial charge in [0.05, 0.1) is 12.2 Å². The van der Waals surface area contributed by atoms with Gasteiger partial charge < -0.3 is 14.7 Å². The number of ether oxygens (including phenoxy) is 1. The fraction of sp³-hybridized carbons (Fsp3) is 0.259. The zero-order valence-electron chi connectivity index (χ0n) is 19.0. The highest BCUT2D eigenvalue weighted by Crippen LogP contribution is 2.32. The van der Waals surface area contributed by atoms with E-state index in [1.165, 1.54) is 0 Å². The molecule has 4 rings (SSSR count). The summed E-state index contributed by atoms with van der Waals surface area (Å²) in [7, 11) is 0. The average Bonchev–Trinajstić information content (AvgIpc) is 2.94. The predicted octanol–water partition coefficient (Wildman–Crippen LogP) is 4.39. The molecule has 0 saturated carbocycles. The molecule has 3 aromatic carbocycles. The molecule has 0 fully saturated rings. The highest BCUT2D eigenvalue weighted by atomic mass is 35.5. The zero-order valence-corrected chi connectivity index (χ0v) is 19.8. The fourth-order valence-electron chi connectivity index (χ4n) is 4.11. The third kappa shape index (κ3) is 6.16. The number of halogens is 1. The van der Waals surface area contributed by atoms with Crippen LogP contribution in [0.2, 0.25) is 0 Å². The average molecular weight is 481 g/mol. The quantitative estimate of drug-likeness (QED) is 0.500. The van der Waals surface area contributed by atoms with Crippen molar-refractivity contribution < 1.29 is 19.4 Å². The first-order valence-electron chi connectivity index (χ1n) is 11.1. The molecule has 0 saturated heterocycles. The van der Waals surface area contributed by atoms with Crippen LogP contribution in [-0.2, 0) is 22.6 Å². The summed E-state index contributed by atoms with van der Waals surface area (Å²) in [6.07, 6.45) is 0.966. The van der Waals surface area contributed by atoms with Gasteiger partial charge in [0.2, 0.25) is 5.91 Å². The van der Waals surface area contributed by atoms with Crippen LogP contribution in [0.5, 0.6) is 5.75 Å². The van der Waals surface area contributed by atoms with Crippen LogP contribution in [0, 0.1) is 6.92 Å². The first-order valence-corrected chi connectivity index (χ1v) is 11.1. The summed E-state index contributed by atoms with van der Waals surface area (Å²) >= 11 is 0. The SMILES string of the molecule is Cc1cccc(CN2C(=O)[C@@H](N[C@@H](CCc3ccccc3)C(=O)O)COc3ccccc32)c1.Cl. The Morgan fingerprint density at radius 1 is 1.06 bits per heavy atom. The monoisotopic (exact) mass is 480 g/mol. The Morgan fingerprint density at radius 3 is 2.50 bits per heavy atom. The van der Waals surface area contributed by atoms with Crippen LogP contribution in [0.25, 0.3) is 0 Å². The Morgan fingerprint density at radius 2 is 1.76 bits per heavy atom. The number of carboxylic acids is 1. The second kappa shape index (κ2) is 11.7. The number of para-hydroxylation sites is 2. The molecule has 1 amide bonds. The summed E-state index contributed by atoms with van der Waals surface area (Å²) < 4.78 is 5.95. The number of aryl methyl sites for hydroxylation is 2. The van der Waals surface area contributed by atoms with Crippen molar-refractivity contribution in [2.75, 3.05) is 11.5 Å². The molecule has 0 spiro atoms. The molecule has 178 valence electrons. The number of hydrogen-bond acceptors (Lipinski definition) is 4. The Hall–Kier alpha value is -3.35. The summed E-state index contributed by atoms with van der Waals surface area (Å²) in [5.41, 5.74) is 3.85. The number of carboxylic acid groups (broad SMARTS) is 1. The first kappa shape index (κ1) is 25.3. The molecule has 1 aliphatic heterocycles. The predicted molar refractivity (Wildman–Crippen MR) is 135 cm³/mol. The third-order valence-electron chi connectivity index (χ3n) is 5.81. The number of benzene rings is 3. The van der Waals surface area contributed by atoms with Crippen molar-refractivity contribution in [3.63, 3.8) is 0 Å². The Bertz CT molecular complexity index is 1120. The molecule has 0 bridgehead atoms. The number of amides is 1. The minimum absolute atomic E-state index is 0. The van der Waals surface area contributed by atoms with Crippen LogP contribution in [0.1, 0.15) is 23.1 Å². The lowest BCUT2D eigenvalue weighted by molar-refractivity contribution is -0.140. The number of nitrogens with zero attached hydrogens (tertiary/aromatic N) is 1. The van der Waals surface area contributed by atoms with Crippen molar-refractivity contribution in [3.05, 3.63) is 95.6 Å². The van der Waals surface area contributed by atoms with Gasteiger partial charge in [0.25, 0.3) is 0 Å². The van der Waals surface area contributed by atoms with Crippen LogP contribution in [0.15, 0.2) is 78.9 Å². The van der Waals surface area contributed by atoms with Gasteiger partial charge in [-0.3, -0.25) is 14.9 Å². The lowest BCUT2D eigenvalue weighted by Crippen LogP contribution is -2.53. The van der Waals surface area contributed by atoms with Crippen molar-refractivity contribution >= 4 is 30.0 Å². The van der Waals surface area contributed by atoms with Crippen LogP contribution in [0.4, 0.5) is 5.69 Å². The molecule has 0 unspecified atom stereocenters. The summed E-state index contributed by atoms with van der Waals surface area (Å²) in [5, 5.41) is 12.9. The van der Waals surface area contributed by atoms with E-state index in [0.717, 1.165) is 16.7 Å². The summed E-state index contributed by atoms with van der Waals surface area (Å²) in [6, 6.07) is 23.5. The highest BCUT2D eigenvalue weighted by Gasteiger charge is 2.34. The maximum Gasteiger partial charge on any atom is 0.320 e. The number of carbonyl (C=O) groups excluding carboxylic acids is 1. The number of fused-ring (bicyclic) bond motifs is 1. The van der Waals surface area contributed by atoms with E-state index in [9.17, 15) is 14.7 Å².